The number of hydrogen-bond donors (Lipinski definition) is 0. The van der Waals surface area contributed by atoms with Gasteiger partial charge in [0.15, 0.2) is 21.8 Å². The molecule has 1 aliphatic carbocycles. The summed E-state index contributed by atoms with van der Waals surface area (Å²) < 4.78 is 0.887. The van der Waals surface area contributed by atoms with Crippen molar-refractivity contribution in [3.63, 3.8) is 0 Å². The minimum Gasteiger partial charge on any atom is -0.342 e. The molecule has 1 aromatic carbocycles. The molecular weight excluding hydrogens is 444 g/mol. The molecule has 2 unspecified atom stereocenters. The molecule has 2 aromatic heterocycles. The largest absolute Gasteiger partial charge is 0.342 e. The van der Waals surface area contributed by atoms with Crippen molar-refractivity contribution >= 4 is 28.0 Å². The van der Waals surface area contributed by atoms with Gasteiger partial charge in [-0.2, -0.15) is 0 Å². The van der Waals surface area contributed by atoms with Gasteiger partial charge in [-0.25, -0.2) is 9.97 Å². The van der Waals surface area contributed by atoms with E-state index in [2.05, 4.69) is 42.9 Å². The summed E-state index contributed by atoms with van der Waals surface area (Å²) in [5, 5.41) is 8.58. The third kappa shape index (κ3) is 2.88. The summed E-state index contributed by atoms with van der Waals surface area (Å²) in [4.78, 5) is 24.3. The summed E-state index contributed by atoms with van der Waals surface area (Å²) in [7, 11) is 0. The van der Waals surface area contributed by atoms with E-state index in [0.717, 1.165) is 48.4 Å². The van der Waals surface area contributed by atoms with Gasteiger partial charge in [0.05, 0.1) is 12.2 Å². The van der Waals surface area contributed by atoms with Gasteiger partial charge in [0.25, 0.3) is 0 Å². The van der Waals surface area contributed by atoms with Crippen LogP contribution in [0.3, 0.4) is 0 Å². The monoisotopic (exact) mass is 466 g/mol. The average Bonchev–Trinajstić information content (AvgIpc) is 3.50. The molecule has 0 saturated heterocycles. The molecule has 1 aliphatic heterocycles. The normalized spacial score (nSPS) is 20.5. The van der Waals surface area contributed by atoms with Gasteiger partial charge in [-0.3, -0.25) is 4.57 Å². The summed E-state index contributed by atoms with van der Waals surface area (Å²) in [5.74, 6) is 2.22. The number of anilines is 1. The van der Waals surface area contributed by atoms with Crippen LogP contribution in [-0.2, 0) is 9.12 Å². The Morgan fingerprint density at radius 3 is 2.70 bits per heavy atom. The van der Waals surface area contributed by atoms with Crippen molar-refractivity contribution < 1.29 is 4.79 Å². The maximum atomic E-state index is 12.2. The van der Waals surface area contributed by atoms with Crippen LogP contribution in [0.2, 0.25) is 0 Å². The van der Waals surface area contributed by atoms with E-state index in [0.29, 0.717) is 11.9 Å². The predicted octanol–water partition coefficient (Wildman–Crippen LogP) is 4.11. The molecule has 0 N–H and O–H groups in total. The van der Waals surface area contributed by atoms with E-state index >= 15 is 0 Å². The standard InChI is InChI=1S/C22H23BrN6O/c1-2-17-20-27-25-14-28(20)18-12-24-21(22(23,13-30)15-8-4-3-5-9-15)26-19(18)29(17)16-10-6-7-11-16/h3-5,8-9,12-14,16-17H,2,6-7,10-11H2,1H3. The molecule has 2 aliphatic rings. The molecule has 5 rings (SSSR count). The second kappa shape index (κ2) is 7.58. The fourth-order valence-electron chi connectivity index (χ4n) is 4.75. The number of halogens is 1. The van der Waals surface area contributed by atoms with E-state index in [4.69, 9.17) is 4.98 Å². The summed E-state index contributed by atoms with van der Waals surface area (Å²) in [5.41, 5.74) is 1.67. The number of nitrogens with zero attached hydrogens (tertiary/aromatic N) is 6. The third-order valence-electron chi connectivity index (χ3n) is 6.25. The highest BCUT2D eigenvalue weighted by molar-refractivity contribution is 9.10. The zero-order chi connectivity index (χ0) is 20.7. The highest BCUT2D eigenvalue weighted by atomic mass is 79.9. The maximum absolute atomic E-state index is 12.2. The first-order valence-corrected chi connectivity index (χ1v) is 11.2. The Morgan fingerprint density at radius 1 is 1.23 bits per heavy atom. The Labute approximate surface area is 183 Å². The minimum absolute atomic E-state index is 0.100. The molecule has 2 atom stereocenters. The number of aromatic nitrogens is 5. The van der Waals surface area contributed by atoms with Gasteiger partial charge in [-0.15, -0.1) is 10.2 Å². The maximum Gasteiger partial charge on any atom is 0.165 e. The van der Waals surface area contributed by atoms with E-state index in [-0.39, 0.29) is 6.04 Å². The SMILES string of the molecule is CCC1c2nncn2-c2cnc(C(Br)(C=O)c3ccccc3)nc2N1C1CCCC1. The topological polar surface area (TPSA) is 76.8 Å². The lowest BCUT2D eigenvalue weighted by molar-refractivity contribution is -0.109. The lowest BCUT2D eigenvalue weighted by Gasteiger charge is -2.41. The Balaban J connectivity index is 1.69. The zero-order valence-electron chi connectivity index (χ0n) is 16.8. The Bertz CT molecular complexity index is 1060. The van der Waals surface area contributed by atoms with Crippen molar-refractivity contribution in [3.8, 4) is 5.69 Å². The van der Waals surface area contributed by atoms with Crippen molar-refractivity contribution in [1.82, 2.24) is 24.7 Å². The molecule has 30 heavy (non-hydrogen) atoms. The fraction of sp³-hybridized carbons (Fsp3) is 0.409. The van der Waals surface area contributed by atoms with E-state index < -0.39 is 4.32 Å². The van der Waals surface area contributed by atoms with Gasteiger partial charge in [0.2, 0.25) is 0 Å². The quantitative estimate of drug-likeness (QED) is 0.415. The second-order valence-corrected chi connectivity index (χ2v) is 9.18. The smallest absolute Gasteiger partial charge is 0.165 e. The van der Waals surface area contributed by atoms with Crippen LogP contribution >= 0.6 is 15.9 Å². The molecule has 1 saturated carbocycles. The van der Waals surface area contributed by atoms with Gasteiger partial charge < -0.3 is 9.69 Å². The number of fused-ring (bicyclic) bond motifs is 3. The number of carbonyl (C=O) groups excluding carboxylic acids is 1. The molecule has 1 fully saturated rings. The first kappa shape index (κ1) is 19.4. The van der Waals surface area contributed by atoms with E-state index in [1.807, 2.05) is 34.9 Å². The van der Waals surface area contributed by atoms with Gasteiger partial charge >= 0.3 is 0 Å². The third-order valence-corrected chi connectivity index (χ3v) is 7.25. The molecule has 0 radical (unpaired) electrons. The van der Waals surface area contributed by atoms with Crippen LogP contribution in [0.5, 0.6) is 0 Å². The average molecular weight is 467 g/mol. The summed E-state index contributed by atoms with van der Waals surface area (Å²) >= 11 is 3.65. The van der Waals surface area contributed by atoms with Crippen LogP contribution in [0.4, 0.5) is 5.82 Å². The van der Waals surface area contributed by atoms with Crippen molar-refractivity contribution in [1.29, 1.82) is 0 Å². The number of benzene rings is 1. The van der Waals surface area contributed by atoms with Gasteiger partial charge in [0.1, 0.15) is 18.3 Å². The first-order chi connectivity index (χ1) is 14.7. The van der Waals surface area contributed by atoms with Gasteiger partial charge in [0, 0.05) is 6.04 Å². The molecule has 3 aromatic rings. The Hall–Kier alpha value is -2.61. The molecular formula is C22H23BrN6O. The predicted molar refractivity (Wildman–Crippen MR) is 117 cm³/mol. The van der Waals surface area contributed by atoms with Gasteiger partial charge in [-0.1, -0.05) is 66.0 Å². The zero-order valence-corrected chi connectivity index (χ0v) is 18.4. The first-order valence-electron chi connectivity index (χ1n) is 10.4. The Morgan fingerprint density at radius 2 is 2.00 bits per heavy atom. The minimum atomic E-state index is -1.10. The van der Waals surface area contributed by atoms with Gasteiger partial charge in [-0.05, 0) is 24.8 Å². The van der Waals surface area contributed by atoms with Crippen molar-refractivity contribution in [2.45, 2.75) is 55.4 Å². The molecule has 0 spiro atoms. The highest BCUT2D eigenvalue weighted by Crippen LogP contribution is 2.44. The lowest BCUT2D eigenvalue weighted by Crippen LogP contribution is -2.42. The van der Waals surface area contributed by atoms with E-state index in [9.17, 15) is 4.79 Å². The van der Waals surface area contributed by atoms with Crippen LogP contribution in [0.25, 0.3) is 5.69 Å². The van der Waals surface area contributed by atoms with E-state index in [1.165, 1.54) is 12.8 Å². The highest BCUT2D eigenvalue weighted by Gasteiger charge is 2.41. The Kier molecular flexibility index (Phi) is 4.89. The fourth-order valence-corrected chi connectivity index (χ4v) is 5.21. The number of rotatable bonds is 5. The van der Waals surface area contributed by atoms with Crippen LogP contribution < -0.4 is 4.90 Å². The van der Waals surface area contributed by atoms with Crippen LogP contribution in [0.15, 0.2) is 42.9 Å². The summed E-state index contributed by atoms with van der Waals surface area (Å²) in [6, 6.07) is 10.1. The van der Waals surface area contributed by atoms with Crippen LogP contribution in [0.1, 0.15) is 62.3 Å². The molecule has 0 amide bonds. The number of alkyl halides is 1. The molecule has 7 nitrogen and oxygen atoms in total. The molecule has 0 bridgehead atoms. The lowest BCUT2D eigenvalue weighted by atomic mass is 9.99. The van der Waals surface area contributed by atoms with Crippen LogP contribution in [0, 0.1) is 0 Å². The number of carbonyl (C=O) groups is 1. The van der Waals surface area contributed by atoms with Crippen molar-refractivity contribution in [3.05, 3.63) is 60.1 Å². The van der Waals surface area contributed by atoms with Crippen molar-refractivity contribution in [2.24, 2.45) is 0 Å². The van der Waals surface area contributed by atoms with E-state index in [1.54, 1.807) is 12.5 Å². The van der Waals surface area contributed by atoms with Crippen LogP contribution in [-0.4, -0.2) is 37.1 Å². The molecule has 154 valence electrons. The summed E-state index contributed by atoms with van der Waals surface area (Å²) in [6.07, 6.45) is 10.0. The number of aldehydes is 1. The number of hydrogen-bond acceptors (Lipinski definition) is 6. The van der Waals surface area contributed by atoms with Crippen molar-refractivity contribution in [2.75, 3.05) is 4.90 Å². The molecule has 3 heterocycles. The summed E-state index contributed by atoms with van der Waals surface area (Å²) in [6.45, 7) is 2.17. The second-order valence-electron chi connectivity index (χ2n) is 7.93. The molecule has 8 heteroatoms.